The van der Waals surface area contributed by atoms with Gasteiger partial charge in [0.2, 0.25) is 0 Å². The number of carbonyl (C=O) groups excluding carboxylic acids is 2. The minimum atomic E-state index is 0.250. The molecule has 0 N–H and O–H groups in total. The van der Waals surface area contributed by atoms with Crippen molar-refractivity contribution in [2.75, 3.05) is 0 Å². The van der Waals surface area contributed by atoms with Gasteiger partial charge in [-0.1, -0.05) is 17.7 Å². The van der Waals surface area contributed by atoms with Crippen molar-refractivity contribution in [3.63, 3.8) is 0 Å². The molecule has 0 aromatic carbocycles. The molecule has 0 saturated carbocycles. The number of hydrogen-bond acceptors (Lipinski definition) is 4. The maximum Gasteiger partial charge on any atom is 0.373 e. The molecular formula is C9H8ClN3O2. The first-order chi connectivity index (χ1) is 7.20. The fraction of sp³-hybridized carbons (Fsp3) is 0.222. The Bertz CT molecular complexity index is 423. The van der Waals surface area contributed by atoms with Crippen molar-refractivity contribution in [2.45, 2.75) is 6.42 Å². The number of aliphatic imine (C=N–C) groups is 1. The van der Waals surface area contributed by atoms with E-state index in [0.29, 0.717) is 5.02 Å². The standard InChI is InChI=1S/C8H8ClN3.CO2/c1-12-8(6(9)5-11-12)7-3-2-4-10-7;2-1-3/h2,4-5H,3H2,1H3;. The predicted molar refractivity (Wildman–Crippen MR) is 53.5 cm³/mol. The van der Waals surface area contributed by atoms with Gasteiger partial charge in [0, 0.05) is 19.7 Å². The number of hydrogen-bond donors (Lipinski definition) is 0. The third kappa shape index (κ3) is 2.62. The van der Waals surface area contributed by atoms with Gasteiger partial charge in [0.1, 0.15) is 5.69 Å². The van der Waals surface area contributed by atoms with Gasteiger partial charge >= 0.3 is 6.15 Å². The SMILES string of the molecule is Cn1ncc(Cl)c1C1=NC=CC1.O=C=O. The van der Waals surface area contributed by atoms with Crippen LogP contribution in [0.3, 0.4) is 0 Å². The highest BCUT2D eigenvalue weighted by molar-refractivity contribution is 6.34. The van der Waals surface area contributed by atoms with Crippen molar-refractivity contribution < 1.29 is 9.59 Å². The summed E-state index contributed by atoms with van der Waals surface area (Å²) in [5, 5.41) is 4.70. The van der Waals surface area contributed by atoms with Crippen LogP contribution in [-0.2, 0) is 16.6 Å². The third-order valence-corrected chi connectivity index (χ3v) is 2.09. The third-order valence-electron chi connectivity index (χ3n) is 1.81. The van der Waals surface area contributed by atoms with Gasteiger partial charge in [0.25, 0.3) is 0 Å². The molecule has 0 spiro atoms. The Hall–Kier alpha value is -1.71. The van der Waals surface area contributed by atoms with Crippen LogP contribution in [-0.4, -0.2) is 21.6 Å². The minimum Gasteiger partial charge on any atom is -0.265 e. The van der Waals surface area contributed by atoms with E-state index in [9.17, 15) is 0 Å². The Morgan fingerprint density at radius 2 is 2.20 bits per heavy atom. The maximum atomic E-state index is 8.12. The average Bonchev–Trinajstić information content (AvgIpc) is 2.78. The summed E-state index contributed by atoms with van der Waals surface area (Å²) in [4.78, 5) is 20.4. The second-order valence-corrected chi connectivity index (χ2v) is 3.12. The highest BCUT2D eigenvalue weighted by Crippen LogP contribution is 2.18. The monoisotopic (exact) mass is 225 g/mol. The minimum absolute atomic E-state index is 0.250. The highest BCUT2D eigenvalue weighted by Gasteiger charge is 2.13. The zero-order valence-electron chi connectivity index (χ0n) is 7.98. The molecule has 0 atom stereocenters. The maximum absolute atomic E-state index is 8.12. The Morgan fingerprint density at radius 3 is 2.60 bits per heavy atom. The molecule has 0 saturated heterocycles. The fourth-order valence-corrected chi connectivity index (χ4v) is 1.53. The Balaban J connectivity index is 0.000000337. The van der Waals surface area contributed by atoms with E-state index in [1.54, 1.807) is 17.1 Å². The van der Waals surface area contributed by atoms with Crippen LogP contribution in [0.4, 0.5) is 0 Å². The van der Waals surface area contributed by atoms with Crippen molar-refractivity contribution in [1.82, 2.24) is 9.78 Å². The smallest absolute Gasteiger partial charge is 0.265 e. The summed E-state index contributed by atoms with van der Waals surface area (Å²) < 4.78 is 1.74. The normalized spacial score (nSPS) is 12.8. The summed E-state index contributed by atoms with van der Waals surface area (Å²) in [7, 11) is 1.86. The summed E-state index contributed by atoms with van der Waals surface area (Å²) in [6, 6.07) is 0. The van der Waals surface area contributed by atoms with Crippen LogP contribution in [0.15, 0.2) is 23.5 Å². The van der Waals surface area contributed by atoms with Gasteiger partial charge < -0.3 is 0 Å². The second kappa shape index (κ2) is 5.24. The molecule has 78 valence electrons. The topological polar surface area (TPSA) is 64.3 Å². The number of halogens is 1. The van der Waals surface area contributed by atoms with E-state index in [0.717, 1.165) is 17.8 Å². The molecular weight excluding hydrogens is 218 g/mol. The van der Waals surface area contributed by atoms with E-state index in [1.807, 2.05) is 13.1 Å². The number of nitrogens with zero attached hydrogens (tertiary/aromatic N) is 3. The lowest BCUT2D eigenvalue weighted by Gasteiger charge is -2.00. The molecule has 0 fully saturated rings. The van der Waals surface area contributed by atoms with E-state index in [1.165, 1.54) is 0 Å². The predicted octanol–water partition coefficient (Wildman–Crippen LogP) is 1.20. The molecule has 0 radical (unpaired) electrons. The molecule has 15 heavy (non-hydrogen) atoms. The molecule has 2 rings (SSSR count). The number of allylic oxidation sites excluding steroid dienone is 1. The van der Waals surface area contributed by atoms with Gasteiger partial charge in [0.15, 0.2) is 0 Å². The molecule has 1 aromatic rings. The second-order valence-electron chi connectivity index (χ2n) is 2.71. The molecule has 0 amide bonds. The molecule has 1 aromatic heterocycles. The quantitative estimate of drug-likeness (QED) is 0.721. The Morgan fingerprint density at radius 1 is 1.53 bits per heavy atom. The van der Waals surface area contributed by atoms with Gasteiger partial charge in [0.05, 0.1) is 16.9 Å². The van der Waals surface area contributed by atoms with Gasteiger partial charge in [-0.25, -0.2) is 0 Å². The zero-order chi connectivity index (χ0) is 11.3. The van der Waals surface area contributed by atoms with Crippen molar-refractivity contribution in [1.29, 1.82) is 0 Å². The van der Waals surface area contributed by atoms with E-state index in [-0.39, 0.29) is 6.15 Å². The first-order valence-electron chi connectivity index (χ1n) is 4.09. The van der Waals surface area contributed by atoms with Crippen LogP contribution in [0.5, 0.6) is 0 Å². The number of aromatic nitrogens is 2. The molecule has 5 nitrogen and oxygen atoms in total. The fourth-order valence-electron chi connectivity index (χ4n) is 1.25. The highest BCUT2D eigenvalue weighted by atomic mass is 35.5. The molecule has 6 heteroatoms. The summed E-state index contributed by atoms with van der Waals surface area (Å²) in [5.74, 6) is 0. The van der Waals surface area contributed by atoms with Gasteiger partial charge in [-0.3, -0.25) is 9.67 Å². The van der Waals surface area contributed by atoms with Crippen LogP contribution < -0.4 is 0 Å². The number of aryl methyl sites for hydroxylation is 1. The van der Waals surface area contributed by atoms with Crippen molar-refractivity contribution in [3.05, 3.63) is 29.2 Å². The summed E-state index contributed by atoms with van der Waals surface area (Å²) >= 11 is 5.93. The first-order valence-corrected chi connectivity index (χ1v) is 4.47. The lowest BCUT2D eigenvalue weighted by molar-refractivity contribution is -0.191. The molecule has 1 aliphatic heterocycles. The van der Waals surface area contributed by atoms with Crippen LogP contribution in [0.2, 0.25) is 5.02 Å². The summed E-state index contributed by atoms with van der Waals surface area (Å²) in [5.41, 5.74) is 1.90. The zero-order valence-corrected chi connectivity index (χ0v) is 8.73. The van der Waals surface area contributed by atoms with E-state index in [2.05, 4.69) is 10.1 Å². The summed E-state index contributed by atoms with van der Waals surface area (Å²) in [6.07, 6.45) is 6.52. The van der Waals surface area contributed by atoms with Gasteiger partial charge in [-0.05, 0) is 0 Å². The first kappa shape index (κ1) is 11.4. The van der Waals surface area contributed by atoms with Gasteiger partial charge in [-0.2, -0.15) is 14.7 Å². The van der Waals surface area contributed by atoms with Crippen LogP contribution in [0.1, 0.15) is 12.1 Å². The van der Waals surface area contributed by atoms with Gasteiger partial charge in [-0.15, -0.1) is 0 Å². The van der Waals surface area contributed by atoms with E-state index < -0.39 is 0 Å². The summed E-state index contributed by atoms with van der Waals surface area (Å²) in [6.45, 7) is 0. The van der Waals surface area contributed by atoms with Crippen molar-refractivity contribution in [2.24, 2.45) is 12.0 Å². The van der Waals surface area contributed by atoms with E-state index in [4.69, 9.17) is 21.2 Å². The molecule has 0 unspecified atom stereocenters. The lowest BCUT2D eigenvalue weighted by atomic mass is 10.2. The Labute approximate surface area is 91.1 Å². The van der Waals surface area contributed by atoms with E-state index >= 15 is 0 Å². The van der Waals surface area contributed by atoms with Crippen molar-refractivity contribution in [3.8, 4) is 0 Å². The Kier molecular flexibility index (Phi) is 3.97. The molecule has 0 aliphatic carbocycles. The van der Waals surface area contributed by atoms with Crippen LogP contribution in [0, 0.1) is 0 Å². The number of rotatable bonds is 1. The molecule has 1 aliphatic rings. The average molecular weight is 226 g/mol. The lowest BCUT2D eigenvalue weighted by Crippen LogP contribution is -2.05. The largest absolute Gasteiger partial charge is 0.373 e. The van der Waals surface area contributed by atoms with Crippen LogP contribution in [0.25, 0.3) is 0 Å². The molecule has 2 heterocycles. The van der Waals surface area contributed by atoms with Crippen molar-refractivity contribution >= 4 is 23.5 Å². The molecule has 0 bridgehead atoms. The van der Waals surface area contributed by atoms with Crippen LogP contribution >= 0.6 is 11.6 Å².